The summed E-state index contributed by atoms with van der Waals surface area (Å²) in [5, 5.41) is 3.46. The standard InChI is InChI=1S/C12H18N2O/c1-10-3-4-13-5-11(10)6-14-7-12(2)8-15-9-12/h3-5,14H,6-9H2,1-2H3. The maximum absolute atomic E-state index is 5.21. The minimum Gasteiger partial charge on any atom is -0.380 e. The second-order valence-corrected chi connectivity index (χ2v) is 4.71. The molecule has 0 unspecified atom stereocenters. The van der Waals surface area contributed by atoms with Gasteiger partial charge in [-0.15, -0.1) is 0 Å². The summed E-state index contributed by atoms with van der Waals surface area (Å²) in [4.78, 5) is 4.13. The third-order valence-electron chi connectivity index (χ3n) is 2.92. The van der Waals surface area contributed by atoms with Crippen LogP contribution in [0.15, 0.2) is 18.5 Å². The lowest BCUT2D eigenvalue weighted by Crippen LogP contribution is -2.47. The van der Waals surface area contributed by atoms with Gasteiger partial charge in [-0.1, -0.05) is 6.92 Å². The largest absolute Gasteiger partial charge is 0.380 e. The van der Waals surface area contributed by atoms with Crippen LogP contribution in [0.1, 0.15) is 18.1 Å². The third-order valence-corrected chi connectivity index (χ3v) is 2.92. The summed E-state index contributed by atoms with van der Waals surface area (Å²) in [6.45, 7) is 8.04. The van der Waals surface area contributed by atoms with Crippen LogP contribution in [0.2, 0.25) is 0 Å². The average molecular weight is 206 g/mol. The van der Waals surface area contributed by atoms with Gasteiger partial charge in [-0.25, -0.2) is 0 Å². The van der Waals surface area contributed by atoms with Gasteiger partial charge in [0.05, 0.1) is 13.2 Å². The number of pyridine rings is 1. The summed E-state index contributed by atoms with van der Waals surface area (Å²) in [6.07, 6.45) is 3.77. The van der Waals surface area contributed by atoms with Crippen LogP contribution in [-0.2, 0) is 11.3 Å². The van der Waals surface area contributed by atoms with E-state index in [9.17, 15) is 0 Å². The van der Waals surface area contributed by atoms with Gasteiger partial charge in [0.15, 0.2) is 0 Å². The molecule has 0 amide bonds. The van der Waals surface area contributed by atoms with Gasteiger partial charge < -0.3 is 10.1 Å². The first-order valence-corrected chi connectivity index (χ1v) is 5.38. The summed E-state index contributed by atoms with van der Waals surface area (Å²) >= 11 is 0. The lowest BCUT2D eigenvalue weighted by atomic mass is 9.89. The topological polar surface area (TPSA) is 34.2 Å². The van der Waals surface area contributed by atoms with Crippen molar-refractivity contribution in [1.82, 2.24) is 10.3 Å². The minimum absolute atomic E-state index is 0.343. The number of hydrogen-bond acceptors (Lipinski definition) is 3. The Labute approximate surface area is 90.9 Å². The van der Waals surface area contributed by atoms with Crippen molar-refractivity contribution in [2.75, 3.05) is 19.8 Å². The lowest BCUT2D eigenvalue weighted by Gasteiger charge is -2.38. The van der Waals surface area contributed by atoms with Crippen LogP contribution in [0.5, 0.6) is 0 Å². The Morgan fingerprint density at radius 2 is 2.33 bits per heavy atom. The van der Waals surface area contributed by atoms with Crippen molar-refractivity contribution in [2.24, 2.45) is 5.41 Å². The molecule has 0 saturated carbocycles. The molecule has 0 atom stereocenters. The maximum Gasteiger partial charge on any atom is 0.0554 e. The molecule has 3 heteroatoms. The zero-order valence-corrected chi connectivity index (χ0v) is 9.42. The molecule has 15 heavy (non-hydrogen) atoms. The van der Waals surface area contributed by atoms with E-state index in [0.717, 1.165) is 26.3 Å². The number of aryl methyl sites for hydroxylation is 1. The highest BCUT2D eigenvalue weighted by Gasteiger charge is 2.32. The fraction of sp³-hybridized carbons (Fsp3) is 0.583. The van der Waals surface area contributed by atoms with Crippen molar-refractivity contribution in [3.05, 3.63) is 29.6 Å². The molecule has 0 bridgehead atoms. The molecule has 0 spiro atoms. The van der Waals surface area contributed by atoms with Crippen LogP contribution in [0.3, 0.4) is 0 Å². The van der Waals surface area contributed by atoms with E-state index in [2.05, 4.69) is 24.1 Å². The Balaban J connectivity index is 1.81. The Kier molecular flexibility index (Phi) is 3.03. The summed E-state index contributed by atoms with van der Waals surface area (Å²) in [6, 6.07) is 2.05. The predicted octanol–water partition coefficient (Wildman–Crippen LogP) is 1.52. The number of nitrogens with zero attached hydrogens (tertiary/aromatic N) is 1. The first-order valence-electron chi connectivity index (χ1n) is 5.38. The third kappa shape index (κ3) is 2.55. The summed E-state index contributed by atoms with van der Waals surface area (Å²) < 4.78 is 5.21. The molecular weight excluding hydrogens is 188 g/mol. The van der Waals surface area contributed by atoms with Gasteiger partial charge in [-0.2, -0.15) is 0 Å². The SMILES string of the molecule is Cc1ccncc1CNCC1(C)COC1. The Morgan fingerprint density at radius 3 is 2.93 bits per heavy atom. The minimum atomic E-state index is 0.343. The van der Waals surface area contributed by atoms with Gasteiger partial charge in [0.2, 0.25) is 0 Å². The van der Waals surface area contributed by atoms with Gasteiger partial charge in [0.25, 0.3) is 0 Å². The van der Waals surface area contributed by atoms with Gasteiger partial charge >= 0.3 is 0 Å². The molecule has 1 aromatic heterocycles. The number of hydrogen-bond donors (Lipinski definition) is 1. The van der Waals surface area contributed by atoms with Gasteiger partial charge in [0, 0.05) is 30.9 Å². The molecule has 2 rings (SSSR count). The Bertz CT molecular complexity index is 334. The number of rotatable bonds is 4. The van der Waals surface area contributed by atoms with E-state index >= 15 is 0 Å². The first-order chi connectivity index (χ1) is 7.20. The highest BCUT2D eigenvalue weighted by atomic mass is 16.5. The summed E-state index contributed by atoms with van der Waals surface area (Å²) in [5.74, 6) is 0. The zero-order valence-electron chi connectivity index (χ0n) is 9.42. The van der Waals surface area contributed by atoms with Gasteiger partial charge in [-0.3, -0.25) is 4.98 Å². The average Bonchev–Trinajstić information content (AvgIpc) is 2.18. The fourth-order valence-electron chi connectivity index (χ4n) is 1.73. The highest BCUT2D eigenvalue weighted by molar-refractivity contribution is 5.21. The smallest absolute Gasteiger partial charge is 0.0554 e. The molecule has 0 aromatic carbocycles. The second-order valence-electron chi connectivity index (χ2n) is 4.71. The summed E-state index contributed by atoms with van der Waals surface area (Å²) in [5.41, 5.74) is 2.92. The van der Waals surface area contributed by atoms with E-state index in [0.29, 0.717) is 5.41 Å². The van der Waals surface area contributed by atoms with Gasteiger partial charge in [-0.05, 0) is 24.1 Å². The van der Waals surface area contributed by atoms with Crippen molar-refractivity contribution in [3.63, 3.8) is 0 Å². The highest BCUT2D eigenvalue weighted by Crippen LogP contribution is 2.25. The zero-order chi connectivity index (χ0) is 10.7. The number of ether oxygens (including phenoxy) is 1. The van der Waals surface area contributed by atoms with E-state index in [1.807, 2.05) is 18.5 Å². The number of nitrogens with one attached hydrogen (secondary N) is 1. The van der Waals surface area contributed by atoms with E-state index in [-0.39, 0.29) is 0 Å². The first kappa shape index (κ1) is 10.6. The van der Waals surface area contributed by atoms with Crippen LogP contribution in [0.25, 0.3) is 0 Å². The molecule has 82 valence electrons. The van der Waals surface area contributed by atoms with Crippen molar-refractivity contribution >= 4 is 0 Å². The molecule has 1 fully saturated rings. The van der Waals surface area contributed by atoms with E-state index in [1.165, 1.54) is 11.1 Å². The van der Waals surface area contributed by atoms with Crippen LogP contribution in [0.4, 0.5) is 0 Å². The second kappa shape index (κ2) is 4.29. The molecule has 0 radical (unpaired) electrons. The Hall–Kier alpha value is -0.930. The van der Waals surface area contributed by atoms with Crippen molar-refractivity contribution in [2.45, 2.75) is 20.4 Å². The van der Waals surface area contributed by atoms with Crippen LogP contribution in [0, 0.1) is 12.3 Å². The predicted molar refractivity (Wildman–Crippen MR) is 59.6 cm³/mol. The van der Waals surface area contributed by atoms with E-state index in [4.69, 9.17) is 4.74 Å². The molecular formula is C12H18N2O. The molecule has 0 aliphatic carbocycles. The Morgan fingerprint density at radius 1 is 1.53 bits per heavy atom. The van der Waals surface area contributed by atoms with Gasteiger partial charge in [0.1, 0.15) is 0 Å². The monoisotopic (exact) mass is 206 g/mol. The molecule has 1 saturated heterocycles. The molecule has 1 N–H and O–H groups in total. The number of aromatic nitrogens is 1. The van der Waals surface area contributed by atoms with Crippen molar-refractivity contribution < 1.29 is 4.74 Å². The quantitative estimate of drug-likeness (QED) is 0.811. The molecule has 3 nitrogen and oxygen atoms in total. The summed E-state index contributed by atoms with van der Waals surface area (Å²) in [7, 11) is 0. The molecule has 1 aliphatic heterocycles. The normalized spacial score (nSPS) is 18.5. The molecule has 1 aromatic rings. The van der Waals surface area contributed by atoms with Crippen LogP contribution in [-0.4, -0.2) is 24.7 Å². The van der Waals surface area contributed by atoms with E-state index in [1.54, 1.807) is 0 Å². The lowest BCUT2D eigenvalue weighted by molar-refractivity contribution is -0.0991. The van der Waals surface area contributed by atoms with Crippen molar-refractivity contribution in [3.8, 4) is 0 Å². The van der Waals surface area contributed by atoms with Crippen LogP contribution >= 0.6 is 0 Å². The van der Waals surface area contributed by atoms with Crippen LogP contribution < -0.4 is 5.32 Å². The fourth-order valence-corrected chi connectivity index (χ4v) is 1.73. The molecule has 1 aliphatic rings. The van der Waals surface area contributed by atoms with Crippen molar-refractivity contribution in [1.29, 1.82) is 0 Å². The molecule has 2 heterocycles. The maximum atomic E-state index is 5.21. The van der Waals surface area contributed by atoms with E-state index < -0.39 is 0 Å².